The van der Waals surface area contributed by atoms with Crippen LogP contribution in [0.25, 0.3) is 0 Å². The molecule has 2 aromatic rings. The molecule has 1 unspecified atom stereocenters. The Hall–Kier alpha value is -2.68. The van der Waals surface area contributed by atoms with Crippen LogP contribution in [0.5, 0.6) is 5.75 Å². The van der Waals surface area contributed by atoms with Crippen LogP contribution in [-0.2, 0) is 20.7 Å². The molecular weight excluding hydrogens is 517 g/mol. The van der Waals surface area contributed by atoms with Crippen LogP contribution >= 0.6 is 23.2 Å². The lowest BCUT2D eigenvalue weighted by molar-refractivity contribution is -0.121. The fourth-order valence-corrected chi connectivity index (χ4v) is 4.99. The number of nitrogens with one attached hydrogen (secondary N) is 1. The maximum absolute atomic E-state index is 12.4. The molecule has 2 aliphatic rings. The molecule has 37 heavy (non-hydrogen) atoms. The fraction of sp³-hybridized carbons (Fsp3) is 0.481. The summed E-state index contributed by atoms with van der Waals surface area (Å²) < 4.78 is 15.7. The van der Waals surface area contributed by atoms with Crippen molar-refractivity contribution in [3.05, 3.63) is 52.0 Å². The lowest BCUT2D eigenvalue weighted by Gasteiger charge is -2.36. The van der Waals surface area contributed by atoms with E-state index in [1.54, 1.807) is 6.92 Å². The van der Waals surface area contributed by atoms with Crippen LogP contribution in [-0.4, -0.2) is 69.5 Å². The molecule has 0 aliphatic carbocycles. The average Bonchev–Trinajstić information content (AvgIpc) is 2.89. The van der Waals surface area contributed by atoms with Crippen molar-refractivity contribution >= 4 is 46.6 Å². The number of benzene rings is 2. The Labute approximate surface area is 227 Å². The minimum absolute atomic E-state index is 0.00818. The maximum atomic E-state index is 12.4. The van der Waals surface area contributed by atoms with Gasteiger partial charge in [0.05, 0.1) is 34.9 Å². The van der Waals surface area contributed by atoms with E-state index in [-0.39, 0.29) is 19.1 Å². The predicted octanol–water partition coefficient (Wildman–Crippen LogP) is 5.26. The van der Waals surface area contributed by atoms with E-state index in [4.69, 9.17) is 37.4 Å². The van der Waals surface area contributed by atoms with Gasteiger partial charge in [0.15, 0.2) is 0 Å². The molecule has 2 aliphatic heterocycles. The highest BCUT2D eigenvalue weighted by atomic mass is 35.5. The number of hydrogen-bond donors (Lipinski definition) is 1. The van der Waals surface area contributed by atoms with E-state index in [0.29, 0.717) is 23.1 Å². The number of amides is 1. The predicted molar refractivity (Wildman–Crippen MR) is 145 cm³/mol. The van der Waals surface area contributed by atoms with Gasteiger partial charge in [-0.2, -0.15) is 0 Å². The van der Waals surface area contributed by atoms with Crippen molar-refractivity contribution in [2.75, 3.05) is 62.8 Å². The van der Waals surface area contributed by atoms with E-state index in [9.17, 15) is 9.59 Å². The fourth-order valence-electron chi connectivity index (χ4n) is 4.57. The first-order valence-electron chi connectivity index (χ1n) is 12.7. The SMILES string of the molecule is CCOC(=O)OCC1Cc2ccc(OCCCCN3CCN(c4cccc(Cl)c4Cl)CC3)cc2NC1=O. The van der Waals surface area contributed by atoms with Crippen LogP contribution in [0.3, 0.4) is 0 Å². The molecule has 2 heterocycles. The van der Waals surface area contributed by atoms with Crippen LogP contribution in [0, 0.1) is 5.92 Å². The number of carbonyl (C=O) groups is 2. The monoisotopic (exact) mass is 549 g/mol. The van der Waals surface area contributed by atoms with Crippen LogP contribution in [0.4, 0.5) is 16.2 Å². The largest absolute Gasteiger partial charge is 0.508 e. The number of ether oxygens (including phenoxy) is 3. The minimum atomic E-state index is -0.755. The zero-order chi connectivity index (χ0) is 26.2. The summed E-state index contributed by atoms with van der Waals surface area (Å²) in [4.78, 5) is 28.6. The molecule has 0 aromatic heterocycles. The number of anilines is 2. The first-order valence-corrected chi connectivity index (χ1v) is 13.5. The summed E-state index contributed by atoms with van der Waals surface area (Å²) in [6.45, 7) is 7.38. The molecule has 10 heteroatoms. The summed E-state index contributed by atoms with van der Waals surface area (Å²) in [6.07, 6.45) is 1.73. The molecule has 1 amide bonds. The van der Waals surface area contributed by atoms with Crippen molar-refractivity contribution in [2.45, 2.75) is 26.2 Å². The average molecular weight is 550 g/mol. The molecular formula is C27H33Cl2N3O5. The van der Waals surface area contributed by atoms with Crippen molar-refractivity contribution in [2.24, 2.45) is 5.92 Å². The van der Waals surface area contributed by atoms with Crippen LogP contribution in [0.15, 0.2) is 36.4 Å². The number of rotatable bonds is 10. The van der Waals surface area contributed by atoms with Gasteiger partial charge in [-0.05, 0) is 56.5 Å². The highest BCUT2D eigenvalue weighted by Crippen LogP contribution is 2.33. The van der Waals surface area contributed by atoms with Gasteiger partial charge >= 0.3 is 6.16 Å². The number of halogens is 2. The number of piperazine rings is 1. The van der Waals surface area contributed by atoms with E-state index >= 15 is 0 Å². The highest BCUT2D eigenvalue weighted by molar-refractivity contribution is 6.43. The van der Waals surface area contributed by atoms with Gasteiger partial charge in [0, 0.05) is 37.9 Å². The Balaban J connectivity index is 1.15. The summed E-state index contributed by atoms with van der Waals surface area (Å²) in [5, 5.41) is 4.11. The second kappa shape index (κ2) is 13.2. The highest BCUT2D eigenvalue weighted by Gasteiger charge is 2.28. The quantitative estimate of drug-likeness (QED) is 0.320. The van der Waals surface area contributed by atoms with Gasteiger partial charge in [-0.15, -0.1) is 0 Å². The maximum Gasteiger partial charge on any atom is 0.508 e. The van der Waals surface area contributed by atoms with E-state index in [2.05, 4.69) is 15.1 Å². The molecule has 0 bridgehead atoms. The van der Waals surface area contributed by atoms with Gasteiger partial charge < -0.3 is 24.4 Å². The van der Waals surface area contributed by atoms with Gasteiger partial charge in [-0.3, -0.25) is 9.69 Å². The zero-order valence-corrected chi connectivity index (χ0v) is 22.5. The Kier molecular flexibility index (Phi) is 9.77. The second-order valence-corrected chi connectivity index (χ2v) is 9.95. The van der Waals surface area contributed by atoms with Crippen molar-refractivity contribution < 1.29 is 23.8 Å². The van der Waals surface area contributed by atoms with E-state index in [0.717, 1.165) is 68.3 Å². The number of hydrogen-bond acceptors (Lipinski definition) is 7. The molecule has 1 atom stereocenters. The summed E-state index contributed by atoms with van der Waals surface area (Å²) in [5.74, 6) is 0.118. The molecule has 2 aromatic carbocycles. The van der Waals surface area contributed by atoms with Gasteiger partial charge in [-0.1, -0.05) is 35.3 Å². The molecule has 200 valence electrons. The third-order valence-electron chi connectivity index (χ3n) is 6.62. The Bertz CT molecular complexity index is 1090. The lowest BCUT2D eigenvalue weighted by Crippen LogP contribution is -2.46. The number of fused-ring (bicyclic) bond motifs is 1. The van der Waals surface area contributed by atoms with E-state index in [1.807, 2.05) is 36.4 Å². The summed E-state index contributed by atoms with van der Waals surface area (Å²) in [7, 11) is 0. The molecule has 8 nitrogen and oxygen atoms in total. The van der Waals surface area contributed by atoms with E-state index in [1.165, 1.54) is 0 Å². The Morgan fingerprint density at radius 1 is 1.08 bits per heavy atom. The van der Waals surface area contributed by atoms with Crippen LogP contribution in [0.1, 0.15) is 25.3 Å². The molecule has 1 fully saturated rings. The Morgan fingerprint density at radius 3 is 2.68 bits per heavy atom. The molecule has 4 rings (SSSR count). The molecule has 1 saturated heterocycles. The minimum Gasteiger partial charge on any atom is -0.494 e. The van der Waals surface area contributed by atoms with Crippen molar-refractivity contribution in [3.8, 4) is 5.75 Å². The topological polar surface area (TPSA) is 80.3 Å². The van der Waals surface area contributed by atoms with Crippen molar-refractivity contribution in [3.63, 3.8) is 0 Å². The van der Waals surface area contributed by atoms with Gasteiger partial charge in [-0.25, -0.2) is 4.79 Å². The third kappa shape index (κ3) is 7.43. The number of carbonyl (C=O) groups excluding carboxylic acids is 2. The Morgan fingerprint density at radius 2 is 1.89 bits per heavy atom. The number of unbranched alkanes of at least 4 members (excludes halogenated alkanes) is 1. The third-order valence-corrected chi connectivity index (χ3v) is 7.43. The first-order chi connectivity index (χ1) is 17.9. The zero-order valence-electron chi connectivity index (χ0n) is 21.0. The molecule has 0 spiro atoms. The summed E-state index contributed by atoms with van der Waals surface area (Å²) in [5.41, 5.74) is 2.74. The number of nitrogens with zero attached hydrogens (tertiary/aromatic N) is 2. The van der Waals surface area contributed by atoms with Crippen LogP contribution in [0.2, 0.25) is 10.0 Å². The summed E-state index contributed by atoms with van der Waals surface area (Å²) >= 11 is 12.5. The standard InChI is InChI=1S/C27H33Cl2N3O5/c1-2-35-27(34)37-18-20-16-19-8-9-21(17-23(19)30-26(20)33)36-15-4-3-10-31-11-13-32(14-12-31)24-7-5-6-22(28)25(24)29/h5-9,17,20H,2-4,10-16,18H2,1H3,(H,30,33). The van der Waals surface area contributed by atoms with Crippen LogP contribution < -0.4 is 15.0 Å². The van der Waals surface area contributed by atoms with Gasteiger partial charge in [0.2, 0.25) is 5.91 Å². The molecule has 0 saturated carbocycles. The summed E-state index contributed by atoms with van der Waals surface area (Å²) in [6, 6.07) is 11.5. The van der Waals surface area contributed by atoms with Gasteiger partial charge in [0.25, 0.3) is 0 Å². The first kappa shape index (κ1) is 27.4. The second-order valence-electron chi connectivity index (χ2n) is 9.16. The molecule has 1 N–H and O–H groups in total. The van der Waals surface area contributed by atoms with E-state index < -0.39 is 12.1 Å². The molecule has 0 radical (unpaired) electrons. The van der Waals surface area contributed by atoms with Crippen molar-refractivity contribution in [1.29, 1.82) is 0 Å². The lowest BCUT2D eigenvalue weighted by atomic mass is 9.94. The van der Waals surface area contributed by atoms with Crippen molar-refractivity contribution in [1.82, 2.24) is 4.90 Å². The smallest absolute Gasteiger partial charge is 0.494 e. The van der Waals surface area contributed by atoms with Gasteiger partial charge in [0.1, 0.15) is 12.4 Å². The normalized spacial score (nSPS) is 17.6.